The molecule has 0 aromatic rings. The monoisotopic (exact) mass is 187 g/mol. The number of hydrogen-bond acceptors (Lipinski definition) is 3. The van der Waals surface area contributed by atoms with Gasteiger partial charge in [-0.05, 0) is 19.5 Å². The summed E-state index contributed by atoms with van der Waals surface area (Å²) < 4.78 is 0. The Hall–Kier alpha value is -0.610. The van der Waals surface area contributed by atoms with Crippen molar-refractivity contribution in [2.45, 2.75) is 13.3 Å². The summed E-state index contributed by atoms with van der Waals surface area (Å²) in [5.41, 5.74) is 5.50. The van der Waals surface area contributed by atoms with Crippen LogP contribution in [0.2, 0.25) is 0 Å². The van der Waals surface area contributed by atoms with Crippen molar-refractivity contribution in [2.75, 3.05) is 33.7 Å². The van der Waals surface area contributed by atoms with E-state index in [2.05, 4.69) is 17.1 Å². The van der Waals surface area contributed by atoms with Crippen LogP contribution < -0.4 is 11.1 Å². The van der Waals surface area contributed by atoms with E-state index in [-0.39, 0.29) is 5.91 Å². The van der Waals surface area contributed by atoms with E-state index in [0.29, 0.717) is 18.9 Å². The van der Waals surface area contributed by atoms with Crippen LogP contribution in [0.1, 0.15) is 13.3 Å². The van der Waals surface area contributed by atoms with E-state index in [9.17, 15) is 4.79 Å². The zero-order valence-corrected chi connectivity index (χ0v) is 8.84. The molecule has 0 radical (unpaired) electrons. The Morgan fingerprint density at radius 2 is 2.23 bits per heavy atom. The summed E-state index contributed by atoms with van der Waals surface area (Å²) in [4.78, 5) is 13.0. The Bertz CT molecular complexity index is 150. The summed E-state index contributed by atoms with van der Waals surface area (Å²) in [5.74, 6) is 0.585. The van der Waals surface area contributed by atoms with Gasteiger partial charge in [-0.2, -0.15) is 0 Å². The van der Waals surface area contributed by atoms with Gasteiger partial charge in [0.25, 0.3) is 0 Å². The first kappa shape index (κ1) is 12.4. The summed E-state index contributed by atoms with van der Waals surface area (Å²) in [6.07, 6.45) is 0.560. The van der Waals surface area contributed by atoms with Crippen LogP contribution in [0.3, 0.4) is 0 Å². The molecule has 0 rings (SSSR count). The Labute approximate surface area is 80.5 Å². The summed E-state index contributed by atoms with van der Waals surface area (Å²) in [7, 11) is 3.67. The number of amides is 1. The molecule has 3 N–H and O–H groups in total. The smallest absolute Gasteiger partial charge is 0.221 e. The molecule has 1 atom stereocenters. The van der Waals surface area contributed by atoms with Gasteiger partial charge < -0.3 is 16.0 Å². The van der Waals surface area contributed by atoms with Crippen molar-refractivity contribution in [1.29, 1.82) is 0 Å². The third kappa shape index (κ3) is 6.54. The van der Waals surface area contributed by atoms with E-state index in [0.717, 1.165) is 13.1 Å². The summed E-state index contributed by atoms with van der Waals surface area (Å²) in [6, 6.07) is 0. The maximum Gasteiger partial charge on any atom is 0.221 e. The molecule has 13 heavy (non-hydrogen) atoms. The van der Waals surface area contributed by atoms with Gasteiger partial charge >= 0.3 is 0 Å². The molecule has 0 aliphatic rings. The maximum absolute atomic E-state index is 10.9. The lowest BCUT2D eigenvalue weighted by molar-refractivity contribution is -0.120. The van der Waals surface area contributed by atoms with Gasteiger partial charge in [-0.1, -0.05) is 6.92 Å². The number of carbonyl (C=O) groups is 1. The first-order valence-corrected chi connectivity index (χ1v) is 4.69. The lowest BCUT2D eigenvalue weighted by Crippen LogP contribution is -2.31. The second-order valence-electron chi connectivity index (χ2n) is 3.53. The molecule has 0 spiro atoms. The van der Waals surface area contributed by atoms with E-state index in [1.807, 2.05) is 7.05 Å². The highest BCUT2D eigenvalue weighted by molar-refractivity contribution is 5.75. The van der Waals surface area contributed by atoms with Crippen LogP contribution in [0.15, 0.2) is 0 Å². The van der Waals surface area contributed by atoms with E-state index in [1.54, 1.807) is 7.05 Å². The largest absolute Gasteiger partial charge is 0.359 e. The van der Waals surface area contributed by atoms with Crippen LogP contribution in [0.4, 0.5) is 0 Å². The first-order chi connectivity index (χ1) is 6.10. The van der Waals surface area contributed by atoms with Crippen molar-refractivity contribution >= 4 is 5.91 Å². The van der Waals surface area contributed by atoms with Crippen molar-refractivity contribution < 1.29 is 4.79 Å². The van der Waals surface area contributed by atoms with Crippen molar-refractivity contribution in [2.24, 2.45) is 11.7 Å². The number of rotatable bonds is 6. The number of nitrogens with zero attached hydrogens (tertiary/aromatic N) is 1. The average molecular weight is 187 g/mol. The van der Waals surface area contributed by atoms with Crippen LogP contribution >= 0.6 is 0 Å². The molecule has 0 saturated carbocycles. The maximum atomic E-state index is 10.9. The highest BCUT2D eigenvalue weighted by atomic mass is 16.1. The number of carbonyl (C=O) groups excluding carboxylic acids is 1. The first-order valence-electron chi connectivity index (χ1n) is 4.69. The topological polar surface area (TPSA) is 58.4 Å². The van der Waals surface area contributed by atoms with Crippen molar-refractivity contribution in [1.82, 2.24) is 10.2 Å². The molecule has 0 aliphatic carbocycles. The molecule has 0 heterocycles. The van der Waals surface area contributed by atoms with Gasteiger partial charge in [0.2, 0.25) is 5.91 Å². The van der Waals surface area contributed by atoms with Gasteiger partial charge in [0.1, 0.15) is 0 Å². The fourth-order valence-electron chi connectivity index (χ4n) is 1.12. The van der Waals surface area contributed by atoms with Crippen molar-refractivity contribution in [3.63, 3.8) is 0 Å². The Kier molecular flexibility index (Phi) is 6.54. The molecule has 0 aliphatic heterocycles. The minimum atomic E-state index is 0.0900. The molecule has 0 saturated heterocycles. The van der Waals surface area contributed by atoms with Crippen LogP contribution in [-0.4, -0.2) is 44.5 Å². The van der Waals surface area contributed by atoms with Gasteiger partial charge in [-0.3, -0.25) is 4.79 Å². The minimum Gasteiger partial charge on any atom is -0.359 e. The van der Waals surface area contributed by atoms with Crippen molar-refractivity contribution in [3.05, 3.63) is 0 Å². The Balaban J connectivity index is 3.50. The zero-order valence-electron chi connectivity index (χ0n) is 8.84. The molecule has 78 valence electrons. The summed E-state index contributed by atoms with van der Waals surface area (Å²) in [5, 5.41) is 2.60. The normalized spacial score (nSPS) is 13.0. The molecular formula is C9H21N3O. The van der Waals surface area contributed by atoms with E-state index < -0.39 is 0 Å². The Morgan fingerprint density at radius 3 is 2.69 bits per heavy atom. The molecule has 0 fully saturated rings. The fourth-order valence-corrected chi connectivity index (χ4v) is 1.12. The third-order valence-electron chi connectivity index (χ3n) is 2.03. The molecule has 0 aromatic heterocycles. The molecule has 4 nitrogen and oxygen atoms in total. The van der Waals surface area contributed by atoms with E-state index in [1.165, 1.54) is 0 Å². The van der Waals surface area contributed by atoms with Crippen LogP contribution in [0.5, 0.6) is 0 Å². The fraction of sp³-hybridized carbons (Fsp3) is 0.889. The zero-order chi connectivity index (χ0) is 10.3. The predicted octanol–water partition coefficient (Wildman–Crippen LogP) is -0.351. The highest BCUT2D eigenvalue weighted by Gasteiger charge is 2.05. The van der Waals surface area contributed by atoms with Crippen LogP contribution in [0, 0.1) is 5.92 Å². The number of nitrogens with one attached hydrogen (secondary N) is 1. The second kappa shape index (κ2) is 6.86. The summed E-state index contributed by atoms with van der Waals surface area (Å²) >= 11 is 0. The molecule has 1 unspecified atom stereocenters. The molecule has 0 bridgehead atoms. The molecule has 0 aromatic carbocycles. The Morgan fingerprint density at radius 1 is 1.62 bits per heavy atom. The number of nitrogens with two attached hydrogens (primary N) is 1. The summed E-state index contributed by atoms with van der Waals surface area (Å²) in [6.45, 7) is 4.55. The van der Waals surface area contributed by atoms with Gasteiger partial charge in [-0.15, -0.1) is 0 Å². The van der Waals surface area contributed by atoms with Crippen LogP contribution in [-0.2, 0) is 4.79 Å². The van der Waals surface area contributed by atoms with Gasteiger partial charge in [0.15, 0.2) is 0 Å². The third-order valence-corrected chi connectivity index (χ3v) is 2.03. The molecular weight excluding hydrogens is 166 g/mol. The second-order valence-corrected chi connectivity index (χ2v) is 3.53. The lowest BCUT2D eigenvalue weighted by Gasteiger charge is -2.19. The van der Waals surface area contributed by atoms with E-state index >= 15 is 0 Å². The quantitative estimate of drug-likeness (QED) is 0.597. The van der Waals surface area contributed by atoms with Gasteiger partial charge in [0.05, 0.1) is 0 Å². The average Bonchev–Trinajstić information content (AvgIpc) is 2.13. The SMILES string of the molecule is CNC(=O)CCN(C)CC(C)CN. The van der Waals surface area contributed by atoms with Gasteiger partial charge in [-0.25, -0.2) is 0 Å². The number of hydrogen-bond donors (Lipinski definition) is 2. The van der Waals surface area contributed by atoms with Gasteiger partial charge in [0, 0.05) is 26.6 Å². The highest BCUT2D eigenvalue weighted by Crippen LogP contribution is 1.96. The van der Waals surface area contributed by atoms with E-state index in [4.69, 9.17) is 5.73 Å². The minimum absolute atomic E-state index is 0.0900. The van der Waals surface area contributed by atoms with Crippen LogP contribution in [0.25, 0.3) is 0 Å². The lowest BCUT2D eigenvalue weighted by atomic mass is 10.2. The molecule has 4 heteroatoms. The van der Waals surface area contributed by atoms with Crippen molar-refractivity contribution in [3.8, 4) is 0 Å². The predicted molar refractivity (Wildman–Crippen MR) is 54.4 cm³/mol. The molecule has 1 amide bonds. The standard InChI is InChI=1S/C9H21N3O/c1-8(6-10)7-12(3)5-4-9(13)11-2/h8H,4-7,10H2,1-3H3,(H,11,13).